The molecule has 1 aliphatic heterocycles. The maximum absolute atomic E-state index is 6.11. The lowest BCUT2D eigenvalue weighted by molar-refractivity contribution is 0.168. The lowest BCUT2D eigenvalue weighted by Crippen LogP contribution is -2.16. The molecular formula is C16H17NO3. The van der Waals surface area contributed by atoms with Crippen LogP contribution in [0.25, 0.3) is 0 Å². The number of para-hydroxylation sites is 1. The molecule has 1 aromatic carbocycles. The maximum Gasteiger partial charge on any atom is 0.212 e. The van der Waals surface area contributed by atoms with Crippen LogP contribution in [0.15, 0.2) is 36.5 Å². The van der Waals surface area contributed by atoms with Gasteiger partial charge in [-0.25, -0.2) is 4.98 Å². The van der Waals surface area contributed by atoms with Crippen LogP contribution in [0.3, 0.4) is 0 Å². The minimum absolute atomic E-state index is 0.0113. The zero-order chi connectivity index (χ0) is 13.9. The van der Waals surface area contributed by atoms with Gasteiger partial charge in [0.05, 0.1) is 14.2 Å². The van der Waals surface area contributed by atoms with E-state index in [1.807, 2.05) is 30.5 Å². The lowest BCUT2D eigenvalue weighted by Gasteiger charge is -2.27. The van der Waals surface area contributed by atoms with Crippen molar-refractivity contribution in [2.24, 2.45) is 0 Å². The Morgan fingerprint density at radius 1 is 1.15 bits per heavy atom. The van der Waals surface area contributed by atoms with E-state index in [2.05, 4.69) is 11.1 Å². The number of hydrogen-bond donors (Lipinski definition) is 0. The molecule has 1 unspecified atom stereocenters. The fourth-order valence-electron chi connectivity index (χ4n) is 2.48. The summed E-state index contributed by atoms with van der Waals surface area (Å²) in [7, 11) is 3.28. The topological polar surface area (TPSA) is 40.6 Å². The predicted molar refractivity (Wildman–Crippen MR) is 75.5 cm³/mol. The number of benzene rings is 1. The van der Waals surface area contributed by atoms with Gasteiger partial charge >= 0.3 is 0 Å². The van der Waals surface area contributed by atoms with Gasteiger partial charge in [-0.3, -0.25) is 0 Å². The molecule has 0 aliphatic carbocycles. The molecule has 1 aromatic heterocycles. The van der Waals surface area contributed by atoms with E-state index < -0.39 is 0 Å². The summed E-state index contributed by atoms with van der Waals surface area (Å²) in [6.07, 6.45) is 3.73. The second kappa shape index (κ2) is 5.41. The summed E-state index contributed by atoms with van der Waals surface area (Å²) in [4.78, 5) is 4.24. The van der Waals surface area contributed by atoms with Gasteiger partial charge in [-0.2, -0.15) is 0 Å². The first-order valence-corrected chi connectivity index (χ1v) is 6.64. The molecule has 104 valence electrons. The molecule has 0 spiro atoms. The van der Waals surface area contributed by atoms with E-state index in [0.717, 1.165) is 29.9 Å². The van der Waals surface area contributed by atoms with Crippen LogP contribution in [-0.2, 0) is 6.42 Å². The zero-order valence-electron chi connectivity index (χ0n) is 11.6. The summed E-state index contributed by atoms with van der Waals surface area (Å²) in [5.74, 6) is 2.25. The first kappa shape index (κ1) is 12.8. The highest BCUT2D eigenvalue weighted by molar-refractivity contribution is 5.48. The Morgan fingerprint density at radius 3 is 2.75 bits per heavy atom. The smallest absolute Gasteiger partial charge is 0.212 e. The lowest BCUT2D eigenvalue weighted by atomic mass is 9.98. The molecule has 0 amide bonds. The molecule has 0 fully saturated rings. The van der Waals surface area contributed by atoms with Crippen molar-refractivity contribution < 1.29 is 14.2 Å². The van der Waals surface area contributed by atoms with Crippen molar-refractivity contribution in [2.45, 2.75) is 18.9 Å². The summed E-state index contributed by atoms with van der Waals surface area (Å²) in [5.41, 5.74) is 2.25. The third-order valence-corrected chi connectivity index (χ3v) is 3.56. The van der Waals surface area contributed by atoms with E-state index >= 15 is 0 Å². The van der Waals surface area contributed by atoms with Gasteiger partial charge < -0.3 is 14.2 Å². The van der Waals surface area contributed by atoms with Crippen LogP contribution in [-0.4, -0.2) is 19.2 Å². The molecule has 0 radical (unpaired) electrons. The fourth-order valence-corrected chi connectivity index (χ4v) is 2.48. The van der Waals surface area contributed by atoms with Crippen LogP contribution in [0.1, 0.15) is 23.7 Å². The highest BCUT2D eigenvalue weighted by Gasteiger charge is 2.24. The number of pyridine rings is 1. The average molecular weight is 271 g/mol. The van der Waals surface area contributed by atoms with Crippen molar-refractivity contribution in [3.8, 4) is 17.4 Å². The predicted octanol–water partition coefficient (Wildman–Crippen LogP) is 3.17. The van der Waals surface area contributed by atoms with E-state index in [1.165, 1.54) is 5.56 Å². The van der Waals surface area contributed by atoms with Crippen molar-refractivity contribution in [2.75, 3.05) is 14.2 Å². The molecule has 0 N–H and O–H groups in total. The van der Waals surface area contributed by atoms with Crippen LogP contribution in [0.5, 0.6) is 17.4 Å². The molecule has 4 nitrogen and oxygen atoms in total. The van der Waals surface area contributed by atoms with Gasteiger partial charge in [-0.1, -0.05) is 12.1 Å². The molecule has 2 aromatic rings. The van der Waals surface area contributed by atoms with Crippen LogP contribution in [0, 0.1) is 0 Å². The highest BCUT2D eigenvalue weighted by atomic mass is 16.5. The van der Waals surface area contributed by atoms with Crippen LogP contribution < -0.4 is 14.2 Å². The molecule has 0 bridgehead atoms. The monoisotopic (exact) mass is 271 g/mol. The third-order valence-electron chi connectivity index (χ3n) is 3.56. The van der Waals surface area contributed by atoms with Crippen LogP contribution in [0.4, 0.5) is 0 Å². The van der Waals surface area contributed by atoms with Gasteiger partial charge in [0.25, 0.3) is 0 Å². The number of aryl methyl sites for hydroxylation is 1. The van der Waals surface area contributed by atoms with Crippen LogP contribution in [0.2, 0.25) is 0 Å². The summed E-state index contributed by atoms with van der Waals surface area (Å²) < 4.78 is 16.6. The number of fused-ring (bicyclic) bond motifs is 1. The second-order valence-electron chi connectivity index (χ2n) is 4.73. The van der Waals surface area contributed by atoms with Gasteiger partial charge in [-0.05, 0) is 30.5 Å². The quantitative estimate of drug-likeness (QED) is 0.859. The van der Waals surface area contributed by atoms with Gasteiger partial charge in [0.2, 0.25) is 5.88 Å². The Hall–Kier alpha value is -2.23. The van der Waals surface area contributed by atoms with Crippen molar-refractivity contribution in [1.82, 2.24) is 4.98 Å². The zero-order valence-corrected chi connectivity index (χ0v) is 11.6. The number of ether oxygens (including phenoxy) is 3. The number of aromatic nitrogens is 1. The summed E-state index contributed by atoms with van der Waals surface area (Å²) in [5, 5.41) is 0. The number of rotatable bonds is 3. The first-order chi connectivity index (χ1) is 9.81. The van der Waals surface area contributed by atoms with E-state index in [4.69, 9.17) is 14.2 Å². The minimum atomic E-state index is 0.0113. The maximum atomic E-state index is 6.11. The minimum Gasteiger partial charge on any atom is -0.493 e. The first-order valence-electron chi connectivity index (χ1n) is 6.64. The average Bonchev–Trinajstić information content (AvgIpc) is 2.54. The standard InChI is InChI=1S/C16H17NO3/c1-18-14-5-3-4-11-6-8-13(20-16(11)14)12-7-9-15(19-2)17-10-12/h3-5,7,9-10,13H,6,8H2,1-2H3. The molecule has 0 saturated carbocycles. The van der Waals surface area contributed by atoms with Gasteiger partial charge in [0, 0.05) is 17.8 Å². The highest BCUT2D eigenvalue weighted by Crippen LogP contribution is 2.40. The van der Waals surface area contributed by atoms with Gasteiger partial charge in [-0.15, -0.1) is 0 Å². The summed E-state index contributed by atoms with van der Waals surface area (Å²) in [6, 6.07) is 9.86. The molecule has 0 saturated heterocycles. The summed E-state index contributed by atoms with van der Waals surface area (Å²) in [6.45, 7) is 0. The van der Waals surface area contributed by atoms with E-state index in [9.17, 15) is 0 Å². The normalized spacial score (nSPS) is 17.0. The number of nitrogens with zero attached hydrogens (tertiary/aromatic N) is 1. The Morgan fingerprint density at radius 2 is 2.05 bits per heavy atom. The van der Waals surface area contributed by atoms with Crippen molar-refractivity contribution >= 4 is 0 Å². The second-order valence-corrected chi connectivity index (χ2v) is 4.73. The molecule has 20 heavy (non-hydrogen) atoms. The van der Waals surface area contributed by atoms with Gasteiger partial charge in [0.15, 0.2) is 11.5 Å². The molecule has 1 aliphatic rings. The van der Waals surface area contributed by atoms with E-state index in [0.29, 0.717) is 5.88 Å². The number of methoxy groups -OCH3 is 2. The Balaban J connectivity index is 1.87. The molecule has 4 heteroatoms. The van der Waals surface area contributed by atoms with Crippen molar-refractivity contribution in [3.63, 3.8) is 0 Å². The third kappa shape index (κ3) is 2.29. The fraction of sp³-hybridized carbons (Fsp3) is 0.312. The summed E-state index contributed by atoms with van der Waals surface area (Å²) >= 11 is 0. The van der Waals surface area contributed by atoms with Crippen molar-refractivity contribution in [1.29, 1.82) is 0 Å². The molecule has 2 heterocycles. The largest absolute Gasteiger partial charge is 0.493 e. The molecule has 3 rings (SSSR count). The van der Waals surface area contributed by atoms with Crippen molar-refractivity contribution in [3.05, 3.63) is 47.7 Å². The Kier molecular flexibility index (Phi) is 3.46. The van der Waals surface area contributed by atoms with E-state index in [-0.39, 0.29) is 6.10 Å². The van der Waals surface area contributed by atoms with Crippen LogP contribution >= 0.6 is 0 Å². The molecular weight excluding hydrogens is 254 g/mol. The Bertz CT molecular complexity index is 581. The Labute approximate surface area is 118 Å². The molecule has 1 atom stereocenters. The number of hydrogen-bond acceptors (Lipinski definition) is 4. The van der Waals surface area contributed by atoms with E-state index in [1.54, 1.807) is 14.2 Å². The van der Waals surface area contributed by atoms with Gasteiger partial charge in [0.1, 0.15) is 6.10 Å². The SMILES string of the molecule is COc1ccc(C2CCc3cccc(OC)c3O2)cn1.